The number of nitrogens with zero attached hydrogens (tertiary/aromatic N) is 1. The molecule has 0 spiro atoms. The van der Waals surface area contributed by atoms with Crippen LogP contribution in [0.5, 0.6) is 0 Å². The fourth-order valence-corrected chi connectivity index (χ4v) is 1.34. The average molecular weight is 215 g/mol. The van der Waals surface area contributed by atoms with Gasteiger partial charge in [0, 0.05) is 0 Å². The van der Waals surface area contributed by atoms with Gasteiger partial charge in [0.2, 0.25) is 10.0 Å². The monoisotopic (exact) mass is 215 g/mol. The summed E-state index contributed by atoms with van der Waals surface area (Å²) >= 11 is 0. The molecule has 5 nitrogen and oxygen atoms in total. The summed E-state index contributed by atoms with van der Waals surface area (Å²) in [5.74, 6) is 0. The van der Waals surface area contributed by atoms with Crippen molar-refractivity contribution in [1.82, 2.24) is 10.2 Å². The first-order valence-corrected chi connectivity index (χ1v) is 4.41. The lowest BCUT2D eigenvalue weighted by molar-refractivity contribution is -0.143. The second-order valence-corrected chi connectivity index (χ2v) is 3.68. The second-order valence-electron chi connectivity index (χ2n) is 2.15. The van der Waals surface area contributed by atoms with E-state index in [1.54, 1.807) is 0 Å². The maximum atomic E-state index is 12.0. The minimum Gasteiger partial charge on any atom is -0.272 e. The van der Waals surface area contributed by atoms with Gasteiger partial charge in [-0.3, -0.25) is 5.10 Å². The zero-order valence-electron chi connectivity index (χ0n) is 5.96. The highest BCUT2D eigenvalue weighted by molar-refractivity contribution is 7.89. The molecule has 0 unspecified atom stereocenters. The van der Waals surface area contributed by atoms with Gasteiger partial charge < -0.3 is 0 Å². The minimum atomic E-state index is -4.81. The maximum absolute atomic E-state index is 12.0. The number of sulfonamides is 1. The highest BCUT2D eigenvalue weighted by Crippen LogP contribution is 2.31. The number of aromatic amines is 1. The van der Waals surface area contributed by atoms with E-state index in [9.17, 15) is 21.6 Å². The lowest BCUT2D eigenvalue weighted by Gasteiger charge is -2.04. The Balaban J connectivity index is 3.35. The van der Waals surface area contributed by atoms with E-state index >= 15 is 0 Å². The molecule has 0 bridgehead atoms. The van der Waals surface area contributed by atoms with Gasteiger partial charge >= 0.3 is 6.18 Å². The maximum Gasteiger partial charge on any atom is 0.434 e. The molecule has 1 heterocycles. The van der Waals surface area contributed by atoms with E-state index in [-0.39, 0.29) is 0 Å². The van der Waals surface area contributed by atoms with Gasteiger partial charge in [-0.25, -0.2) is 13.6 Å². The Kier molecular flexibility index (Phi) is 2.08. The fourth-order valence-electron chi connectivity index (χ4n) is 0.694. The van der Waals surface area contributed by atoms with Gasteiger partial charge in [0.05, 0.1) is 6.20 Å². The molecule has 9 heteroatoms. The van der Waals surface area contributed by atoms with Crippen molar-refractivity contribution in [2.75, 3.05) is 0 Å². The lowest BCUT2D eigenvalue weighted by Crippen LogP contribution is -2.17. The molecular formula is C4H4F3N3O2S. The molecule has 0 amide bonds. The number of hydrogen-bond donors (Lipinski definition) is 2. The van der Waals surface area contributed by atoms with Gasteiger partial charge in [-0.1, -0.05) is 0 Å². The van der Waals surface area contributed by atoms with E-state index < -0.39 is 26.8 Å². The molecule has 0 aromatic carbocycles. The Bertz CT molecular complexity index is 407. The van der Waals surface area contributed by atoms with E-state index in [0.717, 1.165) is 0 Å². The number of rotatable bonds is 1. The molecular weight excluding hydrogens is 211 g/mol. The molecule has 13 heavy (non-hydrogen) atoms. The number of nitrogens with two attached hydrogens (primary N) is 1. The van der Waals surface area contributed by atoms with Crippen molar-refractivity contribution in [2.45, 2.75) is 11.1 Å². The number of aromatic nitrogens is 2. The Morgan fingerprint density at radius 3 is 2.31 bits per heavy atom. The van der Waals surface area contributed by atoms with Crippen LogP contribution >= 0.6 is 0 Å². The van der Waals surface area contributed by atoms with Gasteiger partial charge in [0.25, 0.3) is 0 Å². The predicted octanol–water partition coefficient (Wildman–Crippen LogP) is 0.0759. The molecule has 0 saturated heterocycles. The summed E-state index contributed by atoms with van der Waals surface area (Å²) in [7, 11) is -4.39. The predicted molar refractivity (Wildman–Crippen MR) is 35.0 cm³/mol. The highest BCUT2D eigenvalue weighted by atomic mass is 32.2. The van der Waals surface area contributed by atoms with Crippen molar-refractivity contribution in [3.05, 3.63) is 11.9 Å². The van der Waals surface area contributed by atoms with Crippen LogP contribution in [0, 0.1) is 0 Å². The van der Waals surface area contributed by atoms with Crippen molar-refractivity contribution in [1.29, 1.82) is 0 Å². The van der Waals surface area contributed by atoms with Crippen molar-refractivity contribution in [2.24, 2.45) is 5.14 Å². The van der Waals surface area contributed by atoms with E-state index in [2.05, 4.69) is 10.2 Å². The van der Waals surface area contributed by atoms with Crippen LogP contribution in [0.2, 0.25) is 0 Å². The molecule has 0 atom stereocenters. The molecule has 0 radical (unpaired) electrons. The molecule has 74 valence electrons. The van der Waals surface area contributed by atoms with E-state index in [0.29, 0.717) is 6.20 Å². The quantitative estimate of drug-likeness (QED) is 0.695. The Labute approximate surface area is 70.8 Å². The number of H-pyrrole nitrogens is 1. The van der Waals surface area contributed by atoms with E-state index in [4.69, 9.17) is 0 Å². The summed E-state index contributed by atoms with van der Waals surface area (Å²) in [6.07, 6.45) is -4.30. The van der Waals surface area contributed by atoms with Gasteiger partial charge in [-0.2, -0.15) is 18.3 Å². The third-order valence-electron chi connectivity index (χ3n) is 1.19. The second kappa shape index (κ2) is 2.70. The number of primary sulfonamides is 1. The third-order valence-corrected chi connectivity index (χ3v) is 2.12. The molecule has 0 aliphatic carbocycles. The van der Waals surface area contributed by atoms with Gasteiger partial charge in [0.15, 0.2) is 5.69 Å². The van der Waals surface area contributed by atoms with Crippen LogP contribution in [0.3, 0.4) is 0 Å². The Morgan fingerprint density at radius 1 is 1.46 bits per heavy atom. The zero-order chi connectivity index (χ0) is 10.3. The smallest absolute Gasteiger partial charge is 0.272 e. The first-order chi connectivity index (χ1) is 5.73. The van der Waals surface area contributed by atoms with Crippen LogP contribution in [-0.2, 0) is 16.2 Å². The SMILES string of the molecule is NS(=O)(=O)c1cn[nH]c1C(F)(F)F. The number of alkyl halides is 3. The van der Waals surface area contributed by atoms with Crippen LogP contribution in [0.25, 0.3) is 0 Å². The highest BCUT2D eigenvalue weighted by Gasteiger charge is 2.38. The molecule has 0 saturated carbocycles. The topological polar surface area (TPSA) is 88.8 Å². The Morgan fingerprint density at radius 2 is 2.00 bits per heavy atom. The number of nitrogens with one attached hydrogen (secondary N) is 1. The van der Waals surface area contributed by atoms with Gasteiger partial charge in [-0.05, 0) is 0 Å². The Hall–Kier alpha value is -1.09. The molecule has 0 fully saturated rings. The number of halogens is 3. The summed E-state index contributed by atoms with van der Waals surface area (Å²) in [6.45, 7) is 0. The summed E-state index contributed by atoms with van der Waals surface area (Å²) in [5, 5.41) is 8.98. The molecule has 0 aliphatic rings. The summed E-state index contributed by atoms with van der Waals surface area (Å²) in [4.78, 5) is -1.06. The normalized spacial score (nSPS) is 13.2. The van der Waals surface area contributed by atoms with E-state index in [1.165, 1.54) is 5.10 Å². The van der Waals surface area contributed by atoms with E-state index in [1.807, 2.05) is 0 Å². The van der Waals surface area contributed by atoms with Crippen LogP contribution in [-0.4, -0.2) is 18.6 Å². The average Bonchev–Trinajstić information content (AvgIpc) is 2.27. The van der Waals surface area contributed by atoms with Crippen molar-refractivity contribution >= 4 is 10.0 Å². The van der Waals surface area contributed by atoms with Crippen LogP contribution in [0.4, 0.5) is 13.2 Å². The van der Waals surface area contributed by atoms with Crippen LogP contribution in [0.15, 0.2) is 11.1 Å². The summed E-state index contributed by atoms with van der Waals surface area (Å²) in [5.41, 5.74) is -1.46. The van der Waals surface area contributed by atoms with Crippen molar-refractivity contribution < 1.29 is 21.6 Å². The molecule has 1 aromatic rings. The standard InChI is InChI=1S/C4H4F3N3O2S/c5-4(6,7)3-2(1-9-10-3)13(8,11)12/h1H,(H,9,10)(H2,8,11,12). The van der Waals surface area contributed by atoms with Crippen LogP contribution < -0.4 is 5.14 Å². The molecule has 1 rings (SSSR count). The minimum absolute atomic E-state index is 0.512. The van der Waals surface area contributed by atoms with Crippen molar-refractivity contribution in [3.8, 4) is 0 Å². The first-order valence-electron chi connectivity index (χ1n) is 2.86. The fraction of sp³-hybridized carbons (Fsp3) is 0.250. The van der Waals surface area contributed by atoms with Crippen LogP contribution in [0.1, 0.15) is 5.69 Å². The molecule has 0 aliphatic heterocycles. The summed E-state index contributed by atoms with van der Waals surface area (Å²) in [6, 6.07) is 0. The molecule has 3 N–H and O–H groups in total. The van der Waals surface area contributed by atoms with Gasteiger partial charge in [0.1, 0.15) is 4.90 Å². The number of hydrogen-bond acceptors (Lipinski definition) is 3. The van der Waals surface area contributed by atoms with Gasteiger partial charge in [-0.15, -0.1) is 0 Å². The lowest BCUT2D eigenvalue weighted by atomic mass is 10.4. The van der Waals surface area contributed by atoms with Crippen molar-refractivity contribution in [3.63, 3.8) is 0 Å². The third kappa shape index (κ3) is 1.98. The molecule has 1 aromatic heterocycles. The summed E-state index contributed by atoms with van der Waals surface area (Å²) < 4.78 is 57.2. The largest absolute Gasteiger partial charge is 0.434 e. The zero-order valence-corrected chi connectivity index (χ0v) is 6.78. The first kappa shape index (κ1) is 9.99.